The van der Waals surface area contributed by atoms with E-state index in [9.17, 15) is 24.6 Å². The van der Waals surface area contributed by atoms with Gasteiger partial charge in [-0.3, -0.25) is 9.59 Å². The third kappa shape index (κ3) is 4.47. The number of hydrogen-bond acceptors (Lipinski definition) is 7. The van der Waals surface area contributed by atoms with Crippen LogP contribution in [0.4, 0.5) is 0 Å². The van der Waals surface area contributed by atoms with Gasteiger partial charge in [-0.05, 0) is 31.3 Å². The zero-order valence-corrected chi connectivity index (χ0v) is 16.2. The summed E-state index contributed by atoms with van der Waals surface area (Å²) >= 11 is 0. The molecule has 7 heteroatoms. The van der Waals surface area contributed by atoms with E-state index in [1.165, 1.54) is 13.0 Å². The van der Waals surface area contributed by atoms with E-state index in [2.05, 4.69) is 6.58 Å². The number of ketones is 1. The number of fused-ring (bicyclic) bond motifs is 1. The van der Waals surface area contributed by atoms with Crippen LogP contribution in [0.2, 0.25) is 0 Å². The maximum Gasteiger partial charge on any atom is 0.334 e. The lowest BCUT2D eigenvalue weighted by molar-refractivity contribution is -0.187. The maximum absolute atomic E-state index is 12.5. The molecular formula is C20H28O7. The molecule has 0 aromatic rings. The highest BCUT2D eigenvalue weighted by molar-refractivity contribution is 5.97. The van der Waals surface area contributed by atoms with Gasteiger partial charge in [0.15, 0.2) is 17.5 Å². The minimum absolute atomic E-state index is 0.00493. The van der Waals surface area contributed by atoms with Crippen LogP contribution in [-0.2, 0) is 23.9 Å². The van der Waals surface area contributed by atoms with Gasteiger partial charge >= 0.3 is 11.9 Å². The van der Waals surface area contributed by atoms with Crippen LogP contribution in [0.15, 0.2) is 24.3 Å². The van der Waals surface area contributed by atoms with E-state index in [1.807, 2.05) is 20.8 Å². The zero-order valence-electron chi connectivity index (χ0n) is 16.2. The molecule has 1 fully saturated rings. The molecule has 1 heterocycles. The molecule has 0 bridgehead atoms. The first-order valence-electron chi connectivity index (χ1n) is 9.17. The van der Waals surface area contributed by atoms with Gasteiger partial charge < -0.3 is 19.7 Å². The number of aliphatic hydroxyl groups is 2. The standard InChI is InChI=1S/C20H28O7/c1-10(2)8-15(22)27-18-17(23)16-12(4)19(24)26-13(16)9-11(3)6-7-14(21)20(18,5)25/h6-7,10-11,13,16-18,23,25H,4,8-9H2,1-3,5H3/b7-6-/t11-,13+,16-,17-,18+,20+/m0/s1. The smallest absolute Gasteiger partial charge is 0.334 e. The predicted molar refractivity (Wildman–Crippen MR) is 96.4 cm³/mol. The van der Waals surface area contributed by atoms with Crippen molar-refractivity contribution in [1.82, 2.24) is 0 Å². The van der Waals surface area contributed by atoms with Crippen LogP contribution in [0, 0.1) is 17.8 Å². The normalized spacial score (nSPS) is 38.3. The predicted octanol–water partition coefficient (Wildman–Crippen LogP) is 1.32. The molecule has 2 N–H and O–H groups in total. The fourth-order valence-electron chi connectivity index (χ4n) is 3.50. The van der Waals surface area contributed by atoms with E-state index in [1.54, 1.807) is 6.08 Å². The highest BCUT2D eigenvalue weighted by atomic mass is 16.6. The molecule has 1 aliphatic heterocycles. The van der Waals surface area contributed by atoms with E-state index in [0.29, 0.717) is 6.42 Å². The number of allylic oxidation sites excluding steroid dienone is 1. The molecule has 150 valence electrons. The first-order valence-corrected chi connectivity index (χ1v) is 9.17. The molecule has 0 radical (unpaired) electrons. The van der Waals surface area contributed by atoms with E-state index in [-0.39, 0.29) is 23.8 Å². The lowest BCUT2D eigenvalue weighted by Crippen LogP contribution is -2.57. The van der Waals surface area contributed by atoms with Crippen LogP contribution in [-0.4, -0.2) is 51.8 Å². The summed E-state index contributed by atoms with van der Waals surface area (Å²) in [5, 5.41) is 21.8. The Balaban J connectivity index is 2.46. The van der Waals surface area contributed by atoms with Crippen molar-refractivity contribution in [3.63, 3.8) is 0 Å². The van der Waals surface area contributed by atoms with Crippen molar-refractivity contribution in [2.24, 2.45) is 17.8 Å². The molecule has 7 nitrogen and oxygen atoms in total. The summed E-state index contributed by atoms with van der Waals surface area (Å²) < 4.78 is 10.7. The molecular weight excluding hydrogens is 352 g/mol. The van der Waals surface area contributed by atoms with Crippen molar-refractivity contribution in [3.05, 3.63) is 24.3 Å². The summed E-state index contributed by atoms with van der Waals surface area (Å²) in [5.41, 5.74) is -2.13. The van der Waals surface area contributed by atoms with Crippen LogP contribution in [0.25, 0.3) is 0 Å². The number of hydrogen-bond donors (Lipinski definition) is 2. The molecule has 0 spiro atoms. The quantitative estimate of drug-likeness (QED) is 0.561. The van der Waals surface area contributed by atoms with E-state index < -0.39 is 47.6 Å². The van der Waals surface area contributed by atoms with Gasteiger partial charge in [0.05, 0.1) is 5.92 Å². The summed E-state index contributed by atoms with van der Waals surface area (Å²) in [7, 11) is 0. The molecule has 2 rings (SSSR count). The molecule has 0 saturated carbocycles. The summed E-state index contributed by atoms with van der Waals surface area (Å²) in [5.74, 6) is -3.01. The average Bonchev–Trinajstić information content (AvgIpc) is 2.82. The lowest BCUT2D eigenvalue weighted by Gasteiger charge is -2.37. The van der Waals surface area contributed by atoms with E-state index >= 15 is 0 Å². The first-order chi connectivity index (χ1) is 12.4. The molecule has 0 unspecified atom stereocenters. The van der Waals surface area contributed by atoms with Gasteiger partial charge in [0, 0.05) is 12.0 Å². The second-order valence-corrected chi connectivity index (χ2v) is 8.08. The zero-order chi connectivity index (χ0) is 20.5. The maximum atomic E-state index is 12.5. The van der Waals surface area contributed by atoms with Gasteiger partial charge in [-0.15, -0.1) is 0 Å². The van der Waals surface area contributed by atoms with Crippen molar-refractivity contribution in [1.29, 1.82) is 0 Å². The summed E-state index contributed by atoms with van der Waals surface area (Å²) in [6.07, 6.45) is -0.526. The second-order valence-electron chi connectivity index (χ2n) is 8.08. The van der Waals surface area contributed by atoms with Crippen molar-refractivity contribution >= 4 is 17.7 Å². The SMILES string of the molecule is C=C1C(=O)O[C@@H]2C[C@@H](C)/C=C\C(=O)[C@@](C)(O)[C@H](OC(=O)CC(C)C)[C@@H](O)[C@@H]12. The van der Waals surface area contributed by atoms with Crippen molar-refractivity contribution < 1.29 is 34.1 Å². The molecule has 1 aliphatic carbocycles. The Morgan fingerprint density at radius 1 is 1.44 bits per heavy atom. The number of carbonyl (C=O) groups is 3. The summed E-state index contributed by atoms with van der Waals surface area (Å²) in [6, 6.07) is 0. The van der Waals surface area contributed by atoms with Crippen molar-refractivity contribution in [2.45, 2.75) is 64.4 Å². The largest absolute Gasteiger partial charge is 0.458 e. The third-order valence-electron chi connectivity index (χ3n) is 5.07. The minimum Gasteiger partial charge on any atom is -0.458 e. The molecule has 0 aromatic carbocycles. The third-order valence-corrected chi connectivity index (χ3v) is 5.07. The van der Waals surface area contributed by atoms with Crippen LogP contribution in [0.5, 0.6) is 0 Å². The topological polar surface area (TPSA) is 110 Å². The number of carbonyl (C=O) groups excluding carboxylic acids is 3. The average molecular weight is 380 g/mol. The molecule has 27 heavy (non-hydrogen) atoms. The summed E-state index contributed by atoms with van der Waals surface area (Å²) in [4.78, 5) is 36.7. The minimum atomic E-state index is -2.17. The Hall–Kier alpha value is -1.99. The number of rotatable bonds is 3. The molecule has 2 aliphatic rings. The Morgan fingerprint density at radius 2 is 2.07 bits per heavy atom. The Labute approximate surface area is 159 Å². The van der Waals surface area contributed by atoms with Crippen LogP contribution in [0.3, 0.4) is 0 Å². The first kappa shape index (κ1) is 21.3. The number of esters is 2. The fraction of sp³-hybridized carbons (Fsp3) is 0.650. The van der Waals surface area contributed by atoms with Crippen molar-refractivity contribution in [3.8, 4) is 0 Å². The van der Waals surface area contributed by atoms with E-state index in [4.69, 9.17) is 9.47 Å². The van der Waals surface area contributed by atoms with Gasteiger partial charge in [-0.1, -0.05) is 33.4 Å². The highest BCUT2D eigenvalue weighted by Crippen LogP contribution is 2.38. The molecule has 0 amide bonds. The molecule has 6 atom stereocenters. The van der Waals surface area contributed by atoms with Crippen LogP contribution >= 0.6 is 0 Å². The van der Waals surface area contributed by atoms with Gasteiger partial charge in [0.2, 0.25) is 0 Å². The number of aliphatic hydroxyl groups excluding tert-OH is 1. The van der Waals surface area contributed by atoms with Gasteiger partial charge in [-0.25, -0.2) is 4.79 Å². The van der Waals surface area contributed by atoms with Crippen molar-refractivity contribution in [2.75, 3.05) is 0 Å². The van der Waals surface area contributed by atoms with Gasteiger partial charge in [-0.2, -0.15) is 0 Å². The number of ether oxygens (including phenoxy) is 2. The Kier molecular flexibility index (Phi) is 6.27. The second kappa shape index (κ2) is 7.94. The fourth-order valence-corrected chi connectivity index (χ4v) is 3.50. The molecule has 0 aromatic heterocycles. The van der Waals surface area contributed by atoms with Crippen LogP contribution < -0.4 is 0 Å². The highest BCUT2D eigenvalue weighted by Gasteiger charge is 2.53. The lowest BCUT2D eigenvalue weighted by atomic mass is 9.77. The Bertz CT molecular complexity index is 661. The molecule has 1 saturated heterocycles. The van der Waals surface area contributed by atoms with Gasteiger partial charge in [0.1, 0.15) is 12.2 Å². The van der Waals surface area contributed by atoms with Crippen LogP contribution in [0.1, 0.15) is 40.5 Å². The monoisotopic (exact) mass is 380 g/mol. The summed E-state index contributed by atoms with van der Waals surface area (Å²) in [6.45, 7) is 10.4. The van der Waals surface area contributed by atoms with E-state index in [0.717, 1.165) is 0 Å². The van der Waals surface area contributed by atoms with Gasteiger partial charge in [0.25, 0.3) is 0 Å². The Morgan fingerprint density at radius 3 is 2.67 bits per heavy atom.